The minimum atomic E-state index is 0.240. The first-order valence-electron chi connectivity index (χ1n) is 8.04. The van der Waals surface area contributed by atoms with E-state index in [1.165, 1.54) is 45.2 Å². The minimum Gasteiger partial charge on any atom is -0.312 e. The number of nitrogens with zero attached hydrogens (tertiary/aromatic N) is 1. The minimum absolute atomic E-state index is 0.240. The van der Waals surface area contributed by atoms with Crippen LogP contribution in [0.2, 0.25) is 0 Å². The smallest absolute Gasteiger partial charge is 0.0306 e. The van der Waals surface area contributed by atoms with Crippen molar-refractivity contribution < 1.29 is 0 Å². The van der Waals surface area contributed by atoms with Crippen molar-refractivity contribution in [1.82, 2.24) is 10.2 Å². The average Bonchev–Trinajstić information content (AvgIpc) is 2.43. The molecular weight excluding hydrogens is 232 g/mol. The third kappa shape index (κ3) is 5.16. The molecule has 1 aliphatic rings. The van der Waals surface area contributed by atoms with Crippen LogP contribution in [-0.2, 0) is 0 Å². The van der Waals surface area contributed by atoms with Crippen molar-refractivity contribution in [3.63, 3.8) is 0 Å². The second-order valence-electron chi connectivity index (χ2n) is 6.30. The summed E-state index contributed by atoms with van der Waals surface area (Å²) in [6, 6.07) is 0.555. The number of nitrogens with one attached hydrogen (secondary N) is 1. The van der Waals surface area contributed by atoms with Gasteiger partial charge in [-0.05, 0) is 65.6 Å². The van der Waals surface area contributed by atoms with E-state index in [4.69, 9.17) is 6.42 Å². The van der Waals surface area contributed by atoms with Gasteiger partial charge in [0.05, 0.1) is 0 Å². The molecule has 1 heterocycles. The highest BCUT2D eigenvalue weighted by Gasteiger charge is 2.35. The maximum Gasteiger partial charge on any atom is 0.0306 e. The Kier molecular flexibility index (Phi) is 7.49. The highest BCUT2D eigenvalue weighted by Crippen LogP contribution is 2.26. The van der Waals surface area contributed by atoms with Gasteiger partial charge in [0.15, 0.2) is 0 Å². The van der Waals surface area contributed by atoms with Gasteiger partial charge in [-0.2, -0.15) is 0 Å². The van der Waals surface area contributed by atoms with Crippen LogP contribution in [0.25, 0.3) is 0 Å². The number of piperidine rings is 1. The van der Waals surface area contributed by atoms with Gasteiger partial charge in [0.25, 0.3) is 0 Å². The van der Waals surface area contributed by atoms with Gasteiger partial charge in [-0.15, -0.1) is 12.3 Å². The fourth-order valence-electron chi connectivity index (χ4n) is 3.12. The Hall–Kier alpha value is -0.520. The molecule has 1 N–H and O–H groups in total. The Labute approximate surface area is 120 Å². The van der Waals surface area contributed by atoms with Crippen LogP contribution >= 0.6 is 0 Å². The molecule has 19 heavy (non-hydrogen) atoms. The van der Waals surface area contributed by atoms with Gasteiger partial charge < -0.3 is 5.32 Å². The van der Waals surface area contributed by atoms with Crippen LogP contribution in [-0.4, -0.2) is 36.1 Å². The summed E-state index contributed by atoms with van der Waals surface area (Å²) in [6.07, 6.45) is 13.9. The van der Waals surface area contributed by atoms with Crippen molar-refractivity contribution >= 4 is 0 Å². The van der Waals surface area contributed by atoms with Crippen molar-refractivity contribution in [3.05, 3.63) is 0 Å². The first-order valence-corrected chi connectivity index (χ1v) is 8.04. The Morgan fingerprint density at radius 1 is 1.26 bits per heavy atom. The molecule has 2 nitrogen and oxygen atoms in total. The predicted octanol–water partition coefficient (Wildman–Crippen LogP) is 3.42. The molecule has 0 aromatic heterocycles. The molecule has 0 aliphatic carbocycles. The van der Waals surface area contributed by atoms with E-state index < -0.39 is 0 Å². The molecular formula is C17H32N2. The second kappa shape index (κ2) is 8.61. The fourth-order valence-corrected chi connectivity index (χ4v) is 3.12. The van der Waals surface area contributed by atoms with Gasteiger partial charge in [-0.25, -0.2) is 0 Å². The van der Waals surface area contributed by atoms with E-state index in [-0.39, 0.29) is 5.54 Å². The molecule has 0 saturated carbocycles. The molecule has 1 rings (SSSR count). The monoisotopic (exact) mass is 264 g/mol. The zero-order valence-corrected chi connectivity index (χ0v) is 13.2. The molecule has 1 saturated heterocycles. The van der Waals surface area contributed by atoms with Crippen LogP contribution in [0.1, 0.15) is 65.7 Å². The highest BCUT2D eigenvalue weighted by atomic mass is 15.2. The lowest BCUT2D eigenvalue weighted by Crippen LogP contribution is -2.59. The molecule has 110 valence electrons. The van der Waals surface area contributed by atoms with Gasteiger partial charge in [-0.1, -0.05) is 13.3 Å². The summed E-state index contributed by atoms with van der Waals surface area (Å²) in [7, 11) is 0. The molecule has 0 radical (unpaired) electrons. The van der Waals surface area contributed by atoms with E-state index in [9.17, 15) is 0 Å². The topological polar surface area (TPSA) is 15.3 Å². The van der Waals surface area contributed by atoms with Crippen molar-refractivity contribution in [2.45, 2.75) is 77.3 Å². The van der Waals surface area contributed by atoms with Crippen LogP contribution in [0, 0.1) is 12.3 Å². The summed E-state index contributed by atoms with van der Waals surface area (Å²) in [5.41, 5.74) is 0.240. The summed E-state index contributed by atoms with van der Waals surface area (Å²) in [5.74, 6) is 2.77. The standard InChI is InChI=1S/C17H32N2/c1-5-7-9-12-16(18-13-6-2)17(3,4)19-14-10-8-11-15-19/h1,16,18H,6-15H2,2-4H3. The second-order valence-corrected chi connectivity index (χ2v) is 6.30. The van der Waals surface area contributed by atoms with E-state index in [1.807, 2.05) is 0 Å². The molecule has 1 unspecified atom stereocenters. The summed E-state index contributed by atoms with van der Waals surface area (Å²) < 4.78 is 0. The molecule has 1 atom stereocenters. The van der Waals surface area contributed by atoms with Gasteiger partial charge in [0, 0.05) is 18.0 Å². The zero-order chi connectivity index (χ0) is 14.1. The van der Waals surface area contributed by atoms with Gasteiger partial charge in [0.2, 0.25) is 0 Å². The summed E-state index contributed by atoms with van der Waals surface area (Å²) in [6.45, 7) is 10.7. The number of terminal acetylenes is 1. The molecule has 0 aromatic rings. The van der Waals surface area contributed by atoms with E-state index in [0.29, 0.717) is 6.04 Å². The van der Waals surface area contributed by atoms with Crippen LogP contribution in [0.3, 0.4) is 0 Å². The quantitative estimate of drug-likeness (QED) is 0.534. The van der Waals surface area contributed by atoms with Crippen LogP contribution in [0.5, 0.6) is 0 Å². The summed E-state index contributed by atoms with van der Waals surface area (Å²) >= 11 is 0. The molecule has 0 amide bonds. The maximum atomic E-state index is 5.39. The van der Waals surface area contributed by atoms with Gasteiger partial charge in [-0.3, -0.25) is 4.90 Å². The third-order valence-corrected chi connectivity index (χ3v) is 4.48. The van der Waals surface area contributed by atoms with Crippen molar-refractivity contribution in [2.75, 3.05) is 19.6 Å². The first kappa shape index (κ1) is 16.5. The average molecular weight is 264 g/mol. The summed E-state index contributed by atoms with van der Waals surface area (Å²) in [4.78, 5) is 2.68. The third-order valence-electron chi connectivity index (χ3n) is 4.48. The number of likely N-dealkylation sites (tertiary alicyclic amines) is 1. The van der Waals surface area contributed by atoms with Crippen molar-refractivity contribution in [1.29, 1.82) is 0 Å². The Balaban J connectivity index is 2.60. The van der Waals surface area contributed by atoms with Gasteiger partial charge >= 0.3 is 0 Å². The number of unbranched alkanes of at least 4 members (excludes halogenated alkanes) is 1. The first-order chi connectivity index (χ1) is 9.12. The normalized spacial score (nSPS) is 19.1. The number of hydrogen-bond acceptors (Lipinski definition) is 2. The van der Waals surface area contributed by atoms with Crippen molar-refractivity contribution in [2.24, 2.45) is 0 Å². The van der Waals surface area contributed by atoms with Crippen molar-refractivity contribution in [3.8, 4) is 12.3 Å². The predicted molar refractivity (Wildman–Crippen MR) is 84.3 cm³/mol. The molecule has 0 spiro atoms. The highest BCUT2D eigenvalue weighted by molar-refractivity contribution is 4.95. The van der Waals surface area contributed by atoms with E-state index in [2.05, 4.69) is 36.9 Å². The Morgan fingerprint density at radius 3 is 2.53 bits per heavy atom. The summed E-state index contributed by atoms with van der Waals surface area (Å²) in [5, 5.41) is 3.76. The Bertz CT molecular complexity index is 271. The van der Waals surface area contributed by atoms with Crippen LogP contribution in [0.15, 0.2) is 0 Å². The fraction of sp³-hybridized carbons (Fsp3) is 0.882. The van der Waals surface area contributed by atoms with Gasteiger partial charge in [0.1, 0.15) is 0 Å². The lowest BCUT2D eigenvalue weighted by molar-refractivity contribution is 0.0577. The maximum absolute atomic E-state index is 5.39. The van der Waals surface area contributed by atoms with Crippen LogP contribution in [0.4, 0.5) is 0 Å². The molecule has 1 aliphatic heterocycles. The largest absolute Gasteiger partial charge is 0.312 e. The zero-order valence-electron chi connectivity index (χ0n) is 13.2. The molecule has 2 heteroatoms. The SMILES string of the molecule is C#CCCCC(NCCC)C(C)(C)N1CCCCC1. The molecule has 0 aromatic carbocycles. The van der Waals surface area contributed by atoms with E-state index in [1.54, 1.807) is 0 Å². The van der Waals surface area contributed by atoms with E-state index >= 15 is 0 Å². The molecule has 0 bridgehead atoms. The van der Waals surface area contributed by atoms with Crippen LogP contribution < -0.4 is 5.32 Å². The van der Waals surface area contributed by atoms with E-state index in [0.717, 1.165) is 19.4 Å². The lowest BCUT2D eigenvalue weighted by atomic mass is 9.86. The lowest BCUT2D eigenvalue weighted by Gasteiger charge is -2.46. The Morgan fingerprint density at radius 2 is 1.95 bits per heavy atom. The molecule has 1 fully saturated rings. The number of rotatable bonds is 8. The number of hydrogen-bond donors (Lipinski definition) is 1.